The molecule has 0 bridgehead atoms. The molecule has 1 atom stereocenters. The lowest BCUT2D eigenvalue weighted by molar-refractivity contribution is -0.145. The Kier molecular flexibility index (Phi) is 4.64. The second-order valence-corrected chi connectivity index (χ2v) is 8.61. The fourth-order valence-electron chi connectivity index (χ4n) is 5.47. The molecule has 3 heterocycles. The van der Waals surface area contributed by atoms with Gasteiger partial charge in [-0.1, -0.05) is 30.3 Å². The number of hydrogen-bond acceptors (Lipinski definition) is 3. The highest BCUT2D eigenvalue weighted by molar-refractivity contribution is 6.00. The minimum absolute atomic E-state index is 0.0554. The average molecular weight is 393 g/mol. The van der Waals surface area contributed by atoms with Gasteiger partial charge in [-0.2, -0.15) is 5.10 Å². The number of piperidine rings is 1. The predicted molar refractivity (Wildman–Crippen MR) is 110 cm³/mol. The Bertz CT molecular complexity index is 922. The lowest BCUT2D eigenvalue weighted by Gasteiger charge is -2.44. The van der Waals surface area contributed by atoms with Crippen LogP contribution in [0.2, 0.25) is 0 Å². The summed E-state index contributed by atoms with van der Waals surface area (Å²) in [4.78, 5) is 30.9. The summed E-state index contributed by atoms with van der Waals surface area (Å²) in [6, 6.07) is 10.3. The van der Waals surface area contributed by atoms with E-state index in [2.05, 4.69) is 22.3 Å². The number of benzene rings is 1. The normalized spacial score (nSPS) is 23.8. The minimum atomic E-state index is -0.670. The molecule has 1 aliphatic carbocycles. The first-order valence-electron chi connectivity index (χ1n) is 10.9. The van der Waals surface area contributed by atoms with E-state index in [-0.39, 0.29) is 11.8 Å². The molecule has 1 N–H and O–H groups in total. The van der Waals surface area contributed by atoms with Gasteiger partial charge in [0.15, 0.2) is 5.69 Å². The van der Waals surface area contributed by atoms with Crippen molar-refractivity contribution in [1.29, 1.82) is 0 Å². The molecule has 2 saturated heterocycles. The lowest BCUT2D eigenvalue weighted by atomic mass is 9.85. The SMILES string of the molecule is O=C(c1n[nH]c2c1CCC2)N1CCCC12CCCN(CCc1ccccc1)C2=O. The van der Waals surface area contributed by atoms with Gasteiger partial charge in [-0.3, -0.25) is 14.7 Å². The fraction of sp³-hybridized carbons (Fsp3) is 0.522. The Morgan fingerprint density at radius 2 is 1.86 bits per heavy atom. The summed E-state index contributed by atoms with van der Waals surface area (Å²) in [7, 11) is 0. The average Bonchev–Trinajstić information content (AvgIpc) is 3.46. The second-order valence-electron chi connectivity index (χ2n) is 8.61. The standard InChI is InChI=1S/C23H28N4O2/c28-21(20-18-9-4-10-19(18)24-25-20)27-15-6-13-23(27)12-5-14-26(22(23)29)16-11-17-7-2-1-3-8-17/h1-3,7-8H,4-6,9-16H2,(H,24,25). The van der Waals surface area contributed by atoms with Gasteiger partial charge in [0.05, 0.1) is 0 Å². The van der Waals surface area contributed by atoms with Crippen LogP contribution in [0, 0.1) is 0 Å². The van der Waals surface area contributed by atoms with Crippen LogP contribution in [0.15, 0.2) is 30.3 Å². The number of carbonyl (C=O) groups is 2. The van der Waals surface area contributed by atoms with E-state index in [9.17, 15) is 9.59 Å². The van der Waals surface area contributed by atoms with Crippen molar-refractivity contribution in [2.24, 2.45) is 0 Å². The molecule has 2 amide bonds. The summed E-state index contributed by atoms with van der Waals surface area (Å²) in [6.45, 7) is 2.15. The van der Waals surface area contributed by atoms with Crippen LogP contribution in [0.5, 0.6) is 0 Å². The number of nitrogens with zero attached hydrogens (tertiary/aromatic N) is 3. The lowest BCUT2D eigenvalue weighted by Crippen LogP contribution is -2.61. The Balaban J connectivity index is 1.36. The zero-order valence-corrected chi connectivity index (χ0v) is 16.8. The van der Waals surface area contributed by atoms with Gasteiger partial charge in [0.1, 0.15) is 5.54 Å². The van der Waals surface area contributed by atoms with Crippen LogP contribution in [0.4, 0.5) is 0 Å². The third-order valence-electron chi connectivity index (χ3n) is 6.96. The number of aryl methyl sites for hydroxylation is 1. The van der Waals surface area contributed by atoms with Gasteiger partial charge < -0.3 is 9.80 Å². The van der Waals surface area contributed by atoms with E-state index in [0.717, 1.165) is 69.2 Å². The van der Waals surface area contributed by atoms with Crippen LogP contribution in [-0.2, 0) is 24.1 Å². The minimum Gasteiger partial charge on any atom is -0.340 e. The maximum atomic E-state index is 13.6. The van der Waals surface area contributed by atoms with E-state index in [1.807, 2.05) is 28.0 Å². The topological polar surface area (TPSA) is 69.3 Å². The van der Waals surface area contributed by atoms with Gasteiger partial charge in [-0.15, -0.1) is 0 Å². The third kappa shape index (κ3) is 3.05. The maximum absolute atomic E-state index is 13.6. The zero-order valence-electron chi connectivity index (χ0n) is 16.8. The third-order valence-corrected chi connectivity index (χ3v) is 6.96. The van der Waals surface area contributed by atoms with Crippen LogP contribution in [0.1, 0.15) is 59.4 Å². The van der Waals surface area contributed by atoms with Crippen molar-refractivity contribution < 1.29 is 9.59 Å². The Morgan fingerprint density at radius 1 is 1.07 bits per heavy atom. The summed E-state index contributed by atoms with van der Waals surface area (Å²) >= 11 is 0. The molecule has 1 spiro atoms. The highest BCUT2D eigenvalue weighted by Crippen LogP contribution is 2.39. The molecule has 1 aromatic heterocycles. The quantitative estimate of drug-likeness (QED) is 0.870. The van der Waals surface area contributed by atoms with E-state index in [0.29, 0.717) is 18.8 Å². The highest BCUT2D eigenvalue weighted by Gasteiger charge is 2.53. The van der Waals surface area contributed by atoms with Gasteiger partial charge in [0.2, 0.25) is 5.91 Å². The molecule has 2 aliphatic heterocycles. The predicted octanol–water partition coefficient (Wildman–Crippen LogP) is 2.74. The number of aromatic nitrogens is 2. The van der Waals surface area contributed by atoms with E-state index in [4.69, 9.17) is 0 Å². The first-order valence-corrected chi connectivity index (χ1v) is 10.9. The highest BCUT2D eigenvalue weighted by atomic mass is 16.2. The van der Waals surface area contributed by atoms with Gasteiger partial charge in [-0.25, -0.2) is 0 Å². The van der Waals surface area contributed by atoms with E-state index in [1.165, 1.54) is 5.56 Å². The molecule has 6 nitrogen and oxygen atoms in total. The first-order chi connectivity index (χ1) is 14.2. The largest absolute Gasteiger partial charge is 0.340 e. The summed E-state index contributed by atoms with van der Waals surface area (Å²) in [5.74, 6) is 0.0814. The molecular formula is C23H28N4O2. The summed E-state index contributed by atoms with van der Waals surface area (Å²) in [5.41, 5.74) is 3.29. The fourth-order valence-corrected chi connectivity index (χ4v) is 5.47. The van der Waals surface area contributed by atoms with Crippen molar-refractivity contribution in [3.05, 3.63) is 52.8 Å². The van der Waals surface area contributed by atoms with Crippen LogP contribution < -0.4 is 0 Å². The molecule has 5 rings (SSSR count). The summed E-state index contributed by atoms with van der Waals surface area (Å²) in [5, 5.41) is 7.39. The van der Waals surface area contributed by atoms with Crippen molar-refractivity contribution in [1.82, 2.24) is 20.0 Å². The van der Waals surface area contributed by atoms with Crippen LogP contribution in [0.3, 0.4) is 0 Å². The zero-order chi connectivity index (χ0) is 19.8. The number of rotatable bonds is 4. The van der Waals surface area contributed by atoms with E-state index >= 15 is 0 Å². The molecule has 152 valence electrons. The van der Waals surface area contributed by atoms with E-state index in [1.54, 1.807) is 0 Å². The van der Waals surface area contributed by atoms with Crippen molar-refractivity contribution in [2.75, 3.05) is 19.6 Å². The number of carbonyl (C=O) groups excluding carboxylic acids is 2. The number of hydrogen-bond donors (Lipinski definition) is 1. The van der Waals surface area contributed by atoms with E-state index < -0.39 is 5.54 Å². The smallest absolute Gasteiger partial charge is 0.275 e. The molecule has 0 radical (unpaired) electrons. The van der Waals surface area contributed by atoms with Crippen LogP contribution in [0.25, 0.3) is 0 Å². The molecule has 2 aromatic rings. The van der Waals surface area contributed by atoms with Gasteiger partial charge >= 0.3 is 0 Å². The Morgan fingerprint density at radius 3 is 2.69 bits per heavy atom. The van der Waals surface area contributed by atoms with Gasteiger partial charge in [0.25, 0.3) is 5.91 Å². The van der Waals surface area contributed by atoms with Crippen molar-refractivity contribution >= 4 is 11.8 Å². The van der Waals surface area contributed by atoms with Crippen molar-refractivity contribution in [2.45, 2.75) is 56.9 Å². The van der Waals surface area contributed by atoms with Gasteiger partial charge in [0, 0.05) is 30.9 Å². The number of H-pyrrole nitrogens is 1. The molecule has 1 unspecified atom stereocenters. The molecule has 29 heavy (non-hydrogen) atoms. The molecular weight excluding hydrogens is 364 g/mol. The maximum Gasteiger partial charge on any atom is 0.275 e. The molecule has 6 heteroatoms. The molecule has 1 aromatic carbocycles. The second kappa shape index (κ2) is 7.32. The summed E-state index contributed by atoms with van der Waals surface area (Å²) < 4.78 is 0. The van der Waals surface area contributed by atoms with Gasteiger partial charge in [-0.05, 0) is 56.9 Å². The number of fused-ring (bicyclic) bond motifs is 1. The molecule has 2 fully saturated rings. The number of aromatic amines is 1. The Hall–Kier alpha value is -2.63. The number of nitrogens with one attached hydrogen (secondary N) is 1. The van der Waals surface area contributed by atoms with Crippen molar-refractivity contribution in [3.63, 3.8) is 0 Å². The molecule has 0 saturated carbocycles. The Labute approximate surface area is 171 Å². The van der Waals surface area contributed by atoms with Crippen molar-refractivity contribution in [3.8, 4) is 0 Å². The molecule has 3 aliphatic rings. The monoisotopic (exact) mass is 392 g/mol. The summed E-state index contributed by atoms with van der Waals surface area (Å²) in [6.07, 6.45) is 7.17. The van der Waals surface area contributed by atoms with Crippen LogP contribution >= 0.6 is 0 Å². The number of amides is 2. The van der Waals surface area contributed by atoms with Crippen LogP contribution in [-0.4, -0.2) is 57.0 Å². The first kappa shape index (κ1) is 18.4. The number of likely N-dealkylation sites (tertiary alicyclic amines) is 2.